The van der Waals surface area contributed by atoms with E-state index >= 15 is 0 Å². The van der Waals surface area contributed by atoms with Gasteiger partial charge in [0.25, 0.3) is 0 Å². The monoisotopic (exact) mass is 302 g/mol. The highest BCUT2D eigenvalue weighted by Gasteiger charge is 2.22. The molecule has 2 aromatic rings. The van der Waals surface area contributed by atoms with Crippen molar-refractivity contribution in [1.82, 2.24) is 0 Å². The standard InChI is InChI=1S/C18H19ClO2/c1-13-5-4-6-14(11-19)18(13)21-12-15-9-10-20-17-8-3-2-7-16(15)17/h2-8,15H,9-12H2,1H3. The smallest absolute Gasteiger partial charge is 0.126 e. The minimum atomic E-state index is 0.373. The lowest BCUT2D eigenvalue weighted by atomic mass is 9.94. The fraction of sp³-hybridized carbons (Fsp3) is 0.333. The molecule has 1 aliphatic rings. The van der Waals surface area contributed by atoms with Crippen LogP contribution in [0, 0.1) is 6.92 Å². The van der Waals surface area contributed by atoms with Gasteiger partial charge in [-0.3, -0.25) is 0 Å². The van der Waals surface area contributed by atoms with E-state index in [-0.39, 0.29) is 0 Å². The van der Waals surface area contributed by atoms with Crippen LogP contribution in [0.2, 0.25) is 0 Å². The van der Waals surface area contributed by atoms with Gasteiger partial charge in [0.15, 0.2) is 0 Å². The van der Waals surface area contributed by atoms with Crippen LogP contribution in [0.5, 0.6) is 11.5 Å². The Labute approximate surface area is 130 Å². The Morgan fingerprint density at radius 2 is 2.05 bits per heavy atom. The Morgan fingerprint density at radius 3 is 2.90 bits per heavy atom. The van der Waals surface area contributed by atoms with Gasteiger partial charge in [-0.25, -0.2) is 0 Å². The second kappa shape index (κ2) is 6.40. The minimum absolute atomic E-state index is 0.373. The number of halogens is 1. The summed E-state index contributed by atoms with van der Waals surface area (Å²) >= 11 is 6.01. The molecule has 0 aromatic heterocycles. The maximum absolute atomic E-state index is 6.12. The van der Waals surface area contributed by atoms with E-state index in [4.69, 9.17) is 21.1 Å². The van der Waals surface area contributed by atoms with Crippen molar-refractivity contribution in [3.05, 3.63) is 59.2 Å². The van der Waals surface area contributed by atoms with Crippen LogP contribution in [-0.4, -0.2) is 13.2 Å². The molecule has 21 heavy (non-hydrogen) atoms. The van der Waals surface area contributed by atoms with E-state index in [9.17, 15) is 0 Å². The quantitative estimate of drug-likeness (QED) is 0.764. The molecule has 0 N–H and O–H groups in total. The van der Waals surface area contributed by atoms with Crippen LogP contribution in [0.1, 0.15) is 29.0 Å². The molecule has 0 bridgehead atoms. The molecule has 0 spiro atoms. The summed E-state index contributed by atoms with van der Waals surface area (Å²) in [5, 5.41) is 0. The molecule has 1 unspecified atom stereocenters. The summed E-state index contributed by atoms with van der Waals surface area (Å²) in [6.07, 6.45) is 0.985. The molecule has 1 atom stereocenters. The second-order valence-corrected chi connectivity index (χ2v) is 5.65. The first-order valence-electron chi connectivity index (χ1n) is 7.28. The number of hydrogen-bond donors (Lipinski definition) is 0. The van der Waals surface area contributed by atoms with Gasteiger partial charge in [0.1, 0.15) is 11.5 Å². The van der Waals surface area contributed by atoms with Gasteiger partial charge in [0.2, 0.25) is 0 Å². The zero-order chi connectivity index (χ0) is 14.7. The Kier molecular flexibility index (Phi) is 4.35. The van der Waals surface area contributed by atoms with Gasteiger partial charge in [-0.2, -0.15) is 0 Å². The van der Waals surface area contributed by atoms with Gasteiger partial charge in [-0.15, -0.1) is 11.6 Å². The number of rotatable bonds is 4. The predicted octanol–water partition coefficient (Wildman–Crippen LogP) is 4.68. The SMILES string of the molecule is Cc1cccc(CCl)c1OCC1CCOc2ccccc21. The van der Waals surface area contributed by atoms with Crippen LogP contribution in [0.25, 0.3) is 0 Å². The van der Waals surface area contributed by atoms with Gasteiger partial charge >= 0.3 is 0 Å². The van der Waals surface area contributed by atoms with Crippen molar-refractivity contribution in [2.75, 3.05) is 13.2 Å². The van der Waals surface area contributed by atoms with Crippen LogP contribution in [0.4, 0.5) is 0 Å². The first-order chi connectivity index (χ1) is 10.3. The summed E-state index contributed by atoms with van der Waals surface area (Å²) in [5.74, 6) is 2.76. The zero-order valence-electron chi connectivity index (χ0n) is 12.1. The molecular weight excluding hydrogens is 284 g/mol. The van der Waals surface area contributed by atoms with Crippen LogP contribution in [-0.2, 0) is 5.88 Å². The summed E-state index contributed by atoms with van der Waals surface area (Å²) in [7, 11) is 0. The first kappa shape index (κ1) is 14.3. The topological polar surface area (TPSA) is 18.5 Å². The summed E-state index contributed by atoms with van der Waals surface area (Å²) < 4.78 is 11.8. The molecule has 3 rings (SSSR count). The van der Waals surface area contributed by atoms with Gasteiger partial charge in [0, 0.05) is 17.0 Å². The van der Waals surface area contributed by atoms with E-state index in [0.29, 0.717) is 18.4 Å². The van der Waals surface area contributed by atoms with Gasteiger partial charge < -0.3 is 9.47 Å². The molecular formula is C18H19ClO2. The lowest BCUT2D eigenvalue weighted by Gasteiger charge is -2.26. The van der Waals surface area contributed by atoms with Crippen molar-refractivity contribution in [2.45, 2.75) is 25.1 Å². The average Bonchev–Trinajstić information content (AvgIpc) is 2.53. The van der Waals surface area contributed by atoms with Crippen molar-refractivity contribution in [3.63, 3.8) is 0 Å². The average molecular weight is 303 g/mol. The third kappa shape index (κ3) is 3.01. The third-order valence-electron chi connectivity index (χ3n) is 3.95. The summed E-state index contributed by atoms with van der Waals surface area (Å²) in [4.78, 5) is 0. The van der Waals surface area contributed by atoms with E-state index in [0.717, 1.165) is 35.7 Å². The number of alkyl halides is 1. The summed E-state index contributed by atoms with van der Waals surface area (Å²) in [6.45, 7) is 3.47. The number of hydrogen-bond acceptors (Lipinski definition) is 2. The predicted molar refractivity (Wildman–Crippen MR) is 85.5 cm³/mol. The second-order valence-electron chi connectivity index (χ2n) is 5.38. The molecule has 3 heteroatoms. The molecule has 110 valence electrons. The van der Waals surface area contributed by atoms with Crippen LogP contribution < -0.4 is 9.47 Å². The van der Waals surface area contributed by atoms with E-state index in [1.165, 1.54) is 5.56 Å². The highest BCUT2D eigenvalue weighted by atomic mass is 35.5. The van der Waals surface area contributed by atoms with Crippen molar-refractivity contribution in [1.29, 1.82) is 0 Å². The van der Waals surface area contributed by atoms with E-state index in [2.05, 4.69) is 25.1 Å². The lowest BCUT2D eigenvalue weighted by Crippen LogP contribution is -2.20. The first-order valence-corrected chi connectivity index (χ1v) is 7.82. The van der Waals surface area contributed by atoms with Crippen molar-refractivity contribution in [3.8, 4) is 11.5 Å². The Bertz CT molecular complexity index is 624. The zero-order valence-corrected chi connectivity index (χ0v) is 12.9. The van der Waals surface area contributed by atoms with Crippen molar-refractivity contribution >= 4 is 11.6 Å². The molecule has 0 amide bonds. The summed E-state index contributed by atoms with van der Waals surface area (Å²) in [6, 6.07) is 14.3. The fourth-order valence-corrected chi connectivity index (χ4v) is 3.01. The van der Waals surface area contributed by atoms with Crippen LogP contribution in [0.15, 0.2) is 42.5 Å². The molecule has 2 aromatic carbocycles. The molecule has 0 saturated heterocycles. The van der Waals surface area contributed by atoms with E-state index < -0.39 is 0 Å². The summed E-state index contributed by atoms with van der Waals surface area (Å²) in [5.41, 5.74) is 3.43. The molecule has 0 radical (unpaired) electrons. The molecule has 0 fully saturated rings. The maximum atomic E-state index is 6.12. The van der Waals surface area contributed by atoms with Crippen molar-refractivity contribution < 1.29 is 9.47 Å². The Morgan fingerprint density at radius 1 is 1.19 bits per heavy atom. The number of para-hydroxylation sites is 2. The Balaban J connectivity index is 1.78. The fourth-order valence-electron chi connectivity index (χ4n) is 2.80. The third-order valence-corrected chi connectivity index (χ3v) is 4.24. The normalized spacial score (nSPS) is 17.0. The number of fused-ring (bicyclic) bond motifs is 1. The largest absolute Gasteiger partial charge is 0.493 e. The molecule has 0 saturated carbocycles. The molecule has 1 aliphatic heterocycles. The maximum Gasteiger partial charge on any atom is 0.126 e. The number of benzene rings is 2. The minimum Gasteiger partial charge on any atom is -0.493 e. The molecule has 0 aliphatic carbocycles. The lowest BCUT2D eigenvalue weighted by molar-refractivity contribution is 0.216. The van der Waals surface area contributed by atoms with E-state index in [1.807, 2.05) is 24.3 Å². The highest BCUT2D eigenvalue weighted by molar-refractivity contribution is 6.17. The van der Waals surface area contributed by atoms with Crippen LogP contribution >= 0.6 is 11.6 Å². The van der Waals surface area contributed by atoms with Crippen molar-refractivity contribution in [2.24, 2.45) is 0 Å². The number of ether oxygens (including phenoxy) is 2. The molecule has 1 heterocycles. The van der Waals surface area contributed by atoms with E-state index in [1.54, 1.807) is 0 Å². The van der Waals surface area contributed by atoms with Gasteiger partial charge in [-0.1, -0.05) is 36.4 Å². The van der Waals surface area contributed by atoms with Crippen LogP contribution in [0.3, 0.4) is 0 Å². The highest BCUT2D eigenvalue weighted by Crippen LogP contribution is 2.34. The Hall–Kier alpha value is -1.67. The molecule has 2 nitrogen and oxygen atoms in total. The van der Waals surface area contributed by atoms with Gasteiger partial charge in [-0.05, 0) is 25.0 Å². The van der Waals surface area contributed by atoms with Gasteiger partial charge in [0.05, 0.1) is 19.1 Å². The number of aryl methyl sites for hydroxylation is 1.